The second kappa shape index (κ2) is 6.70. The van der Waals surface area contributed by atoms with Gasteiger partial charge in [0.05, 0.1) is 17.8 Å². The van der Waals surface area contributed by atoms with Gasteiger partial charge in [-0.25, -0.2) is 0 Å². The lowest BCUT2D eigenvalue weighted by atomic mass is 9.38. The summed E-state index contributed by atoms with van der Waals surface area (Å²) in [6.45, 7) is 18.6. The fourth-order valence-electron chi connectivity index (χ4n) is 11.1. The Morgan fingerprint density at radius 3 is 2.29 bits per heavy atom. The molecule has 34 heavy (non-hydrogen) atoms. The van der Waals surface area contributed by atoms with Gasteiger partial charge >= 0.3 is 0 Å². The maximum absolute atomic E-state index is 12.9. The number of hydrogen-bond acceptors (Lipinski definition) is 4. The molecule has 11 atom stereocenters. The van der Waals surface area contributed by atoms with Gasteiger partial charge in [0.15, 0.2) is 0 Å². The zero-order chi connectivity index (χ0) is 24.7. The molecule has 4 heteroatoms. The van der Waals surface area contributed by atoms with Crippen molar-refractivity contribution in [3.05, 3.63) is 0 Å². The van der Waals surface area contributed by atoms with E-state index in [4.69, 9.17) is 9.47 Å². The number of Topliss-reactive ketones (excluding diaryl/α,β-unsaturated/α-hetero) is 1. The van der Waals surface area contributed by atoms with Crippen LogP contribution in [0.2, 0.25) is 0 Å². The van der Waals surface area contributed by atoms with Gasteiger partial charge in [-0.15, -0.1) is 0 Å². The first-order chi connectivity index (χ1) is 15.7. The largest absolute Gasteiger partial charge is 0.390 e. The Morgan fingerprint density at radius 2 is 1.65 bits per heavy atom. The fraction of sp³-hybridized carbons (Fsp3) is 0.967. The van der Waals surface area contributed by atoms with E-state index in [-0.39, 0.29) is 45.1 Å². The van der Waals surface area contributed by atoms with Gasteiger partial charge in [-0.2, -0.15) is 0 Å². The molecule has 192 valence electrons. The second-order valence-corrected chi connectivity index (χ2v) is 15.2. The zero-order valence-electron chi connectivity index (χ0n) is 22.9. The van der Waals surface area contributed by atoms with E-state index in [9.17, 15) is 9.90 Å². The van der Waals surface area contributed by atoms with Crippen LogP contribution in [0, 0.1) is 45.3 Å². The molecule has 4 nitrogen and oxygen atoms in total. The highest BCUT2D eigenvalue weighted by Gasteiger charge is 2.83. The van der Waals surface area contributed by atoms with Crippen LogP contribution in [-0.4, -0.2) is 40.4 Å². The van der Waals surface area contributed by atoms with Gasteiger partial charge < -0.3 is 14.6 Å². The third kappa shape index (κ3) is 2.64. The van der Waals surface area contributed by atoms with Gasteiger partial charge in [0.1, 0.15) is 17.5 Å². The second-order valence-electron chi connectivity index (χ2n) is 15.2. The Morgan fingerprint density at radius 1 is 0.971 bits per heavy atom. The molecule has 2 aliphatic heterocycles. The Hall–Kier alpha value is -0.450. The molecule has 6 rings (SSSR count). The summed E-state index contributed by atoms with van der Waals surface area (Å²) in [5.41, 5.74) is 0.212. The van der Waals surface area contributed by atoms with E-state index < -0.39 is 0 Å². The molecular formula is C30H48O4. The van der Waals surface area contributed by atoms with E-state index in [1.54, 1.807) is 0 Å². The number of aliphatic hydroxyl groups is 1. The Balaban J connectivity index is 1.28. The number of aliphatic hydroxyl groups excluding tert-OH is 1. The molecule has 6 fully saturated rings. The van der Waals surface area contributed by atoms with Crippen LogP contribution in [0.3, 0.4) is 0 Å². The van der Waals surface area contributed by atoms with E-state index in [2.05, 4.69) is 55.4 Å². The van der Waals surface area contributed by atoms with Gasteiger partial charge in [0.25, 0.3) is 0 Å². The van der Waals surface area contributed by atoms with Crippen LogP contribution in [0.4, 0.5) is 0 Å². The average Bonchev–Trinajstić information content (AvgIpc) is 3.59. The normalized spacial score (nSPS) is 55.9. The van der Waals surface area contributed by atoms with Crippen LogP contribution in [-0.2, 0) is 14.3 Å². The van der Waals surface area contributed by atoms with Crippen LogP contribution in [0.15, 0.2) is 0 Å². The molecule has 2 saturated heterocycles. The SMILES string of the molecule is CC(C[C@@H](O)[C@@H]1OC1(C)C)[C@@H]1CC[C@@]2(C)[C@@]1(C)CCC1[C@@]3(C)CCC(=O)C(C)(C)[C@@H]3C[C@H]3O[C@@]132. The van der Waals surface area contributed by atoms with Crippen molar-refractivity contribution in [2.24, 2.45) is 45.3 Å². The number of carbonyl (C=O) groups is 1. The predicted octanol–water partition coefficient (Wildman–Crippen LogP) is 5.94. The van der Waals surface area contributed by atoms with Crippen LogP contribution in [0.5, 0.6) is 0 Å². The van der Waals surface area contributed by atoms with Gasteiger partial charge in [0, 0.05) is 17.3 Å². The summed E-state index contributed by atoms with van der Waals surface area (Å²) < 4.78 is 12.7. The highest BCUT2D eigenvalue weighted by molar-refractivity contribution is 5.85. The van der Waals surface area contributed by atoms with Crippen molar-refractivity contribution in [3.63, 3.8) is 0 Å². The third-order valence-electron chi connectivity index (χ3n) is 13.4. The maximum atomic E-state index is 12.9. The Kier molecular flexibility index (Phi) is 4.71. The number of epoxide rings is 2. The summed E-state index contributed by atoms with van der Waals surface area (Å²) in [6.07, 6.45) is 8.58. The summed E-state index contributed by atoms with van der Waals surface area (Å²) in [4.78, 5) is 12.9. The monoisotopic (exact) mass is 472 g/mol. The van der Waals surface area contributed by atoms with Crippen LogP contribution in [0.1, 0.15) is 107 Å². The molecule has 2 unspecified atom stereocenters. The molecule has 2 heterocycles. The van der Waals surface area contributed by atoms with E-state index in [0.717, 1.165) is 25.7 Å². The molecule has 0 aromatic heterocycles. The summed E-state index contributed by atoms with van der Waals surface area (Å²) in [5, 5.41) is 10.9. The lowest BCUT2D eigenvalue weighted by Crippen LogP contribution is -2.65. The molecule has 0 bridgehead atoms. The first kappa shape index (κ1) is 23.9. The molecule has 0 aromatic rings. The number of rotatable bonds is 4. The van der Waals surface area contributed by atoms with Crippen molar-refractivity contribution in [3.8, 4) is 0 Å². The van der Waals surface area contributed by atoms with Gasteiger partial charge in [0.2, 0.25) is 0 Å². The van der Waals surface area contributed by atoms with E-state index >= 15 is 0 Å². The van der Waals surface area contributed by atoms with Crippen molar-refractivity contribution in [1.29, 1.82) is 0 Å². The summed E-state index contributed by atoms with van der Waals surface area (Å²) in [7, 11) is 0. The van der Waals surface area contributed by atoms with Crippen LogP contribution < -0.4 is 0 Å². The van der Waals surface area contributed by atoms with Crippen molar-refractivity contribution < 1.29 is 19.4 Å². The standard InChI is InChI=1S/C30H48O4/c1-17(15-19(31)24-26(4,5)34-24)18-9-14-29(8)28(18,7)13-10-20-27(6)12-11-22(32)25(2,3)21(27)16-23-30(20,29)33-23/h17-21,23-24,31H,9-16H2,1-8H3/t17?,18-,19+,20?,21-,23+,24-,27+,28-,29-,30-/m0/s1. The molecule has 4 saturated carbocycles. The number of fused-ring (bicyclic) bond motifs is 3. The van der Waals surface area contributed by atoms with Crippen LogP contribution >= 0.6 is 0 Å². The summed E-state index contributed by atoms with van der Waals surface area (Å²) in [6, 6.07) is 0. The van der Waals surface area contributed by atoms with Crippen LogP contribution in [0.25, 0.3) is 0 Å². The molecule has 6 aliphatic rings. The number of ketones is 1. The van der Waals surface area contributed by atoms with Crippen molar-refractivity contribution in [2.75, 3.05) is 0 Å². The third-order valence-corrected chi connectivity index (χ3v) is 13.4. The van der Waals surface area contributed by atoms with Crippen molar-refractivity contribution >= 4 is 5.78 Å². The van der Waals surface area contributed by atoms with E-state index in [0.29, 0.717) is 35.6 Å². The zero-order valence-corrected chi connectivity index (χ0v) is 22.9. The lowest BCUT2D eigenvalue weighted by molar-refractivity contribution is -0.175. The Bertz CT molecular complexity index is 909. The number of ether oxygens (including phenoxy) is 2. The first-order valence-electron chi connectivity index (χ1n) is 14.2. The molecule has 4 aliphatic carbocycles. The highest BCUT2D eigenvalue weighted by atomic mass is 16.6. The van der Waals surface area contributed by atoms with Crippen molar-refractivity contribution in [2.45, 2.75) is 136 Å². The maximum Gasteiger partial charge on any atom is 0.138 e. The van der Waals surface area contributed by atoms with E-state index in [1.807, 2.05) is 0 Å². The van der Waals surface area contributed by atoms with E-state index in [1.165, 1.54) is 25.7 Å². The highest BCUT2D eigenvalue weighted by Crippen LogP contribution is 2.81. The quantitative estimate of drug-likeness (QED) is 0.515. The minimum absolute atomic E-state index is 0.00357. The lowest BCUT2D eigenvalue weighted by Gasteiger charge is -2.65. The van der Waals surface area contributed by atoms with Gasteiger partial charge in [-0.05, 0) is 93.3 Å². The smallest absolute Gasteiger partial charge is 0.138 e. The summed E-state index contributed by atoms with van der Waals surface area (Å²) in [5.74, 6) is 2.56. The predicted molar refractivity (Wildman–Crippen MR) is 132 cm³/mol. The Labute approximate surface area is 206 Å². The minimum atomic E-state index is -0.365. The summed E-state index contributed by atoms with van der Waals surface area (Å²) >= 11 is 0. The fourth-order valence-corrected chi connectivity index (χ4v) is 11.1. The molecule has 0 aromatic carbocycles. The first-order valence-corrected chi connectivity index (χ1v) is 14.2. The van der Waals surface area contributed by atoms with Gasteiger partial charge in [-0.3, -0.25) is 4.79 Å². The van der Waals surface area contributed by atoms with Gasteiger partial charge in [-0.1, -0.05) is 41.5 Å². The molecule has 1 N–H and O–H groups in total. The number of carbonyl (C=O) groups excluding carboxylic acids is 1. The minimum Gasteiger partial charge on any atom is -0.390 e. The molecule has 1 spiro atoms. The van der Waals surface area contributed by atoms with Crippen molar-refractivity contribution in [1.82, 2.24) is 0 Å². The number of hydrogen-bond donors (Lipinski definition) is 1. The average molecular weight is 473 g/mol. The molecular weight excluding hydrogens is 424 g/mol. The molecule has 0 amide bonds. The topological polar surface area (TPSA) is 62.4 Å². The molecule has 0 radical (unpaired) electrons.